The summed E-state index contributed by atoms with van der Waals surface area (Å²) in [7, 11) is 4.09. The van der Waals surface area contributed by atoms with Crippen molar-refractivity contribution in [2.24, 2.45) is 0 Å². The van der Waals surface area contributed by atoms with E-state index in [1.807, 2.05) is 38.4 Å². The quantitative estimate of drug-likeness (QED) is 0.245. The third kappa shape index (κ3) is 6.72. The molecule has 1 aliphatic carbocycles. The van der Waals surface area contributed by atoms with Gasteiger partial charge in [-0.1, -0.05) is 92.8 Å². The molecule has 0 saturated heterocycles. The zero-order valence-corrected chi connectivity index (χ0v) is 23.3. The fourth-order valence-corrected chi connectivity index (χ4v) is 5.77. The molecule has 1 amide bonds. The topological polar surface area (TPSA) is 57.4 Å². The summed E-state index contributed by atoms with van der Waals surface area (Å²) in [4.78, 5) is 19.6. The first-order chi connectivity index (χ1) is 19.1. The van der Waals surface area contributed by atoms with Crippen LogP contribution in [0.4, 0.5) is 0 Å². The van der Waals surface area contributed by atoms with Crippen LogP contribution in [0.5, 0.6) is 5.75 Å². The minimum Gasteiger partial charge on any atom is -0.492 e. The maximum atomic E-state index is 13.9. The highest BCUT2D eigenvalue weighted by Gasteiger charge is 2.28. The van der Waals surface area contributed by atoms with Gasteiger partial charge in [0.15, 0.2) is 0 Å². The van der Waals surface area contributed by atoms with Gasteiger partial charge in [0, 0.05) is 35.0 Å². The van der Waals surface area contributed by atoms with Gasteiger partial charge in [0.25, 0.3) is 5.91 Å². The number of fused-ring (bicyclic) bond motifs is 1. The zero-order valence-electron chi connectivity index (χ0n) is 23.3. The maximum absolute atomic E-state index is 13.9. The number of benzene rings is 3. The van der Waals surface area contributed by atoms with Gasteiger partial charge in [-0.15, -0.1) is 0 Å². The Bertz CT molecular complexity index is 1340. The van der Waals surface area contributed by atoms with Crippen molar-refractivity contribution in [2.75, 3.05) is 27.2 Å². The number of carbonyl (C=O) groups excluding carboxylic acids is 1. The van der Waals surface area contributed by atoms with E-state index in [-0.39, 0.29) is 17.9 Å². The van der Waals surface area contributed by atoms with E-state index in [1.54, 1.807) is 0 Å². The van der Waals surface area contributed by atoms with Gasteiger partial charge < -0.3 is 19.9 Å². The Hall–Kier alpha value is -3.57. The van der Waals surface area contributed by atoms with E-state index in [0.717, 1.165) is 52.7 Å². The molecule has 1 saturated carbocycles. The molecule has 204 valence electrons. The maximum Gasteiger partial charge on any atom is 0.268 e. The summed E-state index contributed by atoms with van der Waals surface area (Å²) in [5.41, 5.74) is 4.97. The molecule has 5 heteroatoms. The van der Waals surface area contributed by atoms with Gasteiger partial charge in [-0.05, 0) is 56.3 Å². The number of ether oxygens (including phenoxy) is 1. The number of rotatable bonds is 9. The lowest BCUT2D eigenvalue weighted by Crippen LogP contribution is -2.36. The number of aromatic nitrogens is 1. The van der Waals surface area contributed by atoms with E-state index < -0.39 is 0 Å². The third-order valence-corrected chi connectivity index (χ3v) is 7.86. The molecule has 0 bridgehead atoms. The summed E-state index contributed by atoms with van der Waals surface area (Å²) in [6, 6.07) is 27.4. The van der Waals surface area contributed by atoms with Crippen molar-refractivity contribution in [1.82, 2.24) is 15.2 Å². The van der Waals surface area contributed by atoms with Gasteiger partial charge in [-0.25, -0.2) is 0 Å². The largest absolute Gasteiger partial charge is 0.492 e. The van der Waals surface area contributed by atoms with E-state index in [2.05, 4.69) is 69.8 Å². The summed E-state index contributed by atoms with van der Waals surface area (Å²) < 4.78 is 5.97. The van der Waals surface area contributed by atoms with Gasteiger partial charge in [0.1, 0.15) is 18.1 Å². The number of para-hydroxylation sites is 1. The highest BCUT2D eigenvalue weighted by molar-refractivity contribution is 6.02. The lowest BCUT2D eigenvalue weighted by Gasteiger charge is -2.23. The number of carbonyl (C=O) groups is 1. The number of hydrogen-bond donors (Lipinski definition) is 2. The average molecular weight is 524 g/mol. The van der Waals surface area contributed by atoms with Crippen LogP contribution in [-0.4, -0.2) is 49.1 Å². The van der Waals surface area contributed by atoms with E-state index in [4.69, 9.17) is 4.74 Å². The SMILES string of the molecule is CN(C)CCOc1ccc(C(c2ccccc2)c2c(C(=O)NC3CCCCCCC3)[nH]c3ccccc23)cc1. The highest BCUT2D eigenvalue weighted by atomic mass is 16.5. The monoisotopic (exact) mass is 523 g/mol. The third-order valence-electron chi connectivity index (χ3n) is 7.86. The number of hydrogen-bond acceptors (Lipinski definition) is 3. The Labute approximate surface area is 232 Å². The van der Waals surface area contributed by atoms with Crippen LogP contribution in [0.1, 0.15) is 78.0 Å². The van der Waals surface area contributed by atoms with Crippen molar-refractivity contribution in [3.63, 3.8) is 0 Å². The van der Waals surface area contributed by atoms with Crippen LogP contribution in [0.2, 0.25) is 0 Å². The molecule has 4 aromatic rings. The number of likely N-dealkylation sites (N-methyl/N-ethyl adjacent to an activating group) is 1. The molecule has 1 aliphatic rings. The molecule has 0 radical (unpaired) electrons. The Morgan fingerprint density at radius 1 is 0.872 bits per heavy atom. The van der Waals surface area contributed by atoms with Gasteiger partial charge >= 0.3 is 0 Å². The molecule has 0 aliphatic heterocycles. The van der Waals surface area contributed by atoms with Gasteiger partial charge in [0.05, 0.1) is 0 Å². The van der Waals surface area contributed by atoms with Crippen LogP contribution in [0.15, 0.2) is 78.9 Å². The Kier molecular flexibility index (Phi) is 9.00. The molecular formula is C34H41N3O2. The van der Waals surface area contributed by atoms with Gasteiger partial charge in [-0.2, -0.15) is 0 Å². The van der Waals surface area contributed by atoms with Crippen LogP contribution in [0, 0.1) is 0 Å². The van der Waals surface area contributed by atoms with Crippen LogP contribution in [0.3, 0.4) is 0 Å². The Morgan fingerprint density at radius 2 is 1.51 bits per heavy atom. The van der Waals surface area contributed by atoms with Crippen LogP contribution < -0.4 is 10.1 Å². The summed E-state index contributed by atoms with van der Waals surface area (Å²) >= 11 is 0. The summed E-state index contributed by atoms with van der Waals surface area (Å²) in [6.45, 7) is 1.51. The molecule has 1 fully saturated rings. The van der Waals surface area contributed by atoms with Crippen molar-refractivity contribution in [1.29, 1.82) is 0 Å². The fourth-order valence-electron chi connectivity index (χ4n) is 5.77. The second kappa shape index (κ2) is 13.0. The molecule has 5 nitrogen and oxygen atoms in total. The van der Waals surface area contributed by atoms with E-state index in [0.29, 0.717) is 12.3 Å². The molecule has 2 N–H and O–H groups in total. The number of nitrogens with zero attached hydrogens (tertiary/aromatic N) is 1. The molecule has 3 aromatic carbocycles. The molecule has 1 atom stereocenters. The van der Waals surface area contributed by atoms with Crippen LogP contribution >= 0.6 is 0 Å². The summed E-state index contributed by atoms with van der Waals surface area (Å²) in [6.07, 6.45) is 8.30. The van der Waals surface area contributed by atoms with Crippen LogP contribution in [-0.2, 0) is 0 Å². The predicted molar refractivity (Wildman–Crippen MR) is 160 cm³/mol. The zero-order chi connectivity index (χ0) is 27.0. The first-order valence-corrected chi connectivity index (χ1v) is 14.4. The smallest absolute Gasteiger partial charge is 0.268 e. The van der Waals surface area contributed by atoms with Crippen molar-refractivity contribution < 1.29 is 9.53 Å². The molecule has 1 aromatic heterocycles. The fraction of sp³-hybridized carbons (Fsp3) is 0.382. The molecule has 0 spiro atoms. The van der Waals surface area contributed by atoms with Crippen LogP contribution in [0.25, 0.3) is 10.9 Å². The number of H-pyrrole nitrogens is 1. The molecule has 39 heavy (non-hydrogen) atoms. The average Bonchev–Trinajstić information content (AvgIpc) is 3.31. The number of aromatic amines is 1. The standard InChI is InChI=1S/C34H41N3O2/c1-37(2)23-24-39-28-21-19-26(20-22-28)31(25-13-7-6-8-14-25)32-29-17-11-12-18-30(29)36-33(32)34(38)35-27-15-9-4-3-5-10-16-27/h6-8,11-14,17-22,27,31,36H,3-5,9-10,15-16,23-24H2,1-2H3,(H,35,38). The Morgan fingerprint density at radius 3 is 2.23 bits per heavy atom. The van der Waals surface area contributed by atoms with Crippen molar-refractivity contribution >= 4 is 16.8 Å². The van der Waals surface area contributed by atoms with Gasteiger partial charge in [0.2, 0.25) is 0 Å². The lowest BCUT2D eigenvalue weighted by atomic mass is 9.83. The van der Waals surface area contributed by atoms with Gasteiger partial charge in [-0.3, -0.25) is 4.79 Å². The predicted octanol–water partition coefficient (Wildman–Crippen LogP) is 7.13. The minimum atomic E-state index is -0.101. The first kappa shape index (κ1) is 27.0. The number of nitrogens with one attached hydrogen (secondary N) is 2. The summed E-state index contributed by atoms with van der Waals surface area (Å²) in [5, 5.41) is 4.49. The second-order valence-corrected chi connectivity index (χ2v) is 11.0. The summed E-state index contributed by atoms with van der Waals surface area (Å²) in [5.74, 6) is 0.751. The van der Waals surface area contributed by atoms with E-state index >= 15 is 0 Å². The van der Waals surface area contributed by atoms with Crippen molar-refractivity contribution in [3.05, 3.63) is 101 Å². The van der Waals surface area contributed by atoms with E-state index in [1.165, 1.54) is 32.1 Å². The Balaban J connectivity index is 1.53. The molecular weight excluding hydrogens is 482 g/mol. The number of amides is 1. The van der Waals surface area contributed by atoms with Crippen molar-refractivity contribution in [3.8, 4) is 5.75 Å². The van der Waals surface area contributed by atoms with Crippen molar-refractivity contribution in [2.45, 2.75) is 56.9 Å². The first-order valence-electron chi connectivity index (χ1n) is 14.4. The molecule has 1 unspecified atom stereocenters. The normalized spacial score (nSPS) is 15.6. The second-order valence-electron chi connectivity index (χ2n) is 11.0. The lowest BCUT2D eigenvalue weighted by molar-refractivity contribution is 0.0925. The molecule has 1 heterocycles. The van der Waals surface area contributed by atoms with E-state index in [9.17, 15) is 4.79 Å². The minimum absolute atomic E-state index is 0.00339. The molecule has 5 rings (SSSR count). The highest BCUT2D eigenvalue weighted by Crippen LogP contribution is 2.39.